The smallest absolute Gasteiger partial charge is 0.253 e. The third kappa shape index (κ3) is 5.76. The van der Waals surface area contributed by atoms with Crippen molar-refractivity contribution in [2.24, 2.45) is 0 Å². The van der Waals surface area contributed by atoms with E-state index in [0.29, 0.717) is 36.6 Å². The molecule has 0 atom stereocenters. The number of carbonyl (C=O) groups excluding carboxylic acids is 2. The fraction of sp³-hybridized carbons (Fsp3) is 0.500. The molecule has 0 bridgehead atoms. The highest BCUT2D eigenvalue weighted by Crippen LogP contribution is 2.12. The van der Waals surface area contributed by atoms with E-state index in [1.54, 1.807) is 29.2 Å². The summed E-state index contributed by atoms with van der Waals surface area (Å²) in [5, 5.41) is 2.82. The van der Waals surface area contributed by atoms with Crippen molar-refractivity contribution in [1.82, 2.24) is 4.90 Å². The first-order valence-corrected chi connectivity index (χ1v) is 7.91. The highest BCUT2D eigenvalue weighted by molar-refractivity contribution is 6.17. The predicted octanol–water partition coefficient (Wildman–Crippen LogP) is 3.52. The normalized spacial score (nSPS) is 10.2. The zero-order valence-electron chi connectivity index (χ0n) is 12.7. The van der Waals surface area contributed by atoms with Gasteiger partial charge in [0.15, 0.2) is 0 Å². The molecule has 5 heteroatoms. The highest BCUT2D eigenvalue weighted by atomic mass is 35.5. The van der Waals surface area contributed by atoms with Gasteiger partial charge in [0.2, 0.25) is 5.91 Å². The van der Waals surface area contributed by atoms with Gasteiger partial charge in [0, 0.05) is 36.6 Å². The van der Waals surface area contributed by atoms with Crippen molar-refractivity contribution in [2.75, 3.05) is 24.3 Å². The highest BCUT2D eigenvalue weighted by Gasteiger charge is 2.12. The second kappa shape index (κ2) is 9.40. The molecule has 2 amide bonds. The van der Waals surface area contributed by atoms with Gasteiger partial charge in [0.1, 0.15) is 0 Å². The van der Waals surface area contributed by atoms with E-state index in [9.17, 15) is 9.59 Å². The summed E-state index contributed by atoms with van der Waals surface area (Å²) in [6.45, 7) is 5.29. The molecule has 0 saturated heterocycles. The lowest BCUT2D eigenvalue weighted by Crippen LogP contribution is -2.30. The minimum absolute atomic E-state index is 0.0139. The van der Waals surface area contributed by atoms with Gasteiger partial charge < -0.3 is 10.2 Å². The molecular weight excluding hydrogens is 288 g/mol. The number of benzene rings is 1. The molecule has 0 aliphatic carbocycles. The molecular formula is C16H23ClN2O2. The van der Waals surface area contributed by atoms with Gasteiger partial charge in [-0.3, -0.25) is 9.59 Å². The summed E-state index contributed by atoms with van der Waals surface area (Å²) < 4.78 is 0. The van der Waals surface area contributed by atoms with Crippen LogP contribution in [0.4, 0.5) is 5.69 Å². The number of anilines is 1. The lowest BCUT2D eigenvalue weighted by atomic mass is 10.1. The van der Waals surface area contributed by atoms with E-state index in [0.717, 1.165) is 12.8 Å². The van der Waals surface area contributed by atoms with Crippen molar-refractivity contribution in [2.45, 2.75) is 33.1 Å². The lowest BCUT2D eigenvalue weighted by Gasteiger charge is -2.18. The van der Waals surface area contributed by atoms with Crippen LogP contribution in [0.25, 0.3) is 0 Å². The van der Waals surface area contributed by atoms with E-state index in [1.165, 1.54) is 0 Å². The molecule has 0 aliphatic rings. The van der Waals surface area contributed by atoms with Crippen LogP contribution in [0.3, 0.4) is 0 Å². The molecule has 0 aromatic heterocycles. The summed E-state index contributed by atoms with van der Waals surface area (Å²) in [5.41, 5.74) is 1.35. The Labute approximate surface area is 131 Å². The molecule has 4 nitrogen and oxygen atoms in total. The van der Waals surface area contributed by atoms with Gasteiger partial charge in [-0.05, 0) is 51.0 Å². The van der Waals surface area contributed by atoms with Gasteiger partial charge in [-0.25, -0.2) is 0 Å². The van der Waals surface area contributed by atoms with Crippen LogP contribution in [-0.2, 0) is 4.79 Å². The summed E-state index contributed by atoms with van der Waals surface area (Å²) in [6, 6.07) is 7.01. The molecule has 0 saturated carbocycles. The fourth-order valence-electron chi connectivity index (χ4n) is 1.99. The molecule has 0 unspecified atom stereocenters. The maximum Gasteiger partial charge on any atom is 0.253 e. The van der Waals surface area contributed by atoms with Gasteiger partial charge in [-0.1, -0.05) is 0 Å². The number of alkyl halides is 1. The Hall–Kier alpha value is -1.55. The second-order valence-corrected chi connectivity index (χ2v) is 5.13. The van der Waals surface area contributed by atoms with Gasteiger partial charge in [-0.2, -0.15) is 0 Å². The Kier molecular flexibility index (Phi) is 7.83. The molecule has 116 valence electrons. The number of unbranched alkanes of at least 4 members (excludes halogenated alkanes) is 1. The number of hydrogen-bond acceptors (Lipinski definition) is 2. The average molecular weight is 311 g/mol. The molecule has 1 rings (SSSR count). The summed E-state index contributed by atoms with van der Waals surface area (Å²) in [4.78, 5) is 25.6. The first-order valence-electron chi connectivity index (χ1n) is 7.37. The third-order valence-corrected chi connectivity index (χ3v) is 3.52. The van der Waals surface area contributed by atoms with Crippen LogP contribution < -0.4 is 5.32 Å². The zero-order chi connectivity index (χ0) is 15.7. The Morgan fingerprint density at radius 3 is 2.24 bits per heavy atom. The molecule has 1 aromatic rings. The lowest BCUT2D eigenvalue weighted by molar-refractivity contribution is -0.116. The minimum Gasteiger partial charge on any atom is -0.339 e. The molecule has 0 heterocycles. The van der Waals surface area contributed by atoms with Gasteiger partial charge in [0.25, 0.3) is 5.91 Å². The number of rotatable bonds is 8. The quantitative estimate of drug-likeness (QED) is 0.590. The topological polar surface area (TPSA) is 49.4 Å². The third-order valence-electron chi connectivity index (χ3n) is 3.25. The molecule has 1 aromatic carbocycles. The molecule has 0 spiro atoms. The van der Waals surface area contributed by atoms with Gasteiger partial charge >= 0.3 is 0 Å². The van der Waals surface area contributed by atoms with Crippen molar-refractivity contribution in [1.29, 1.82) is 0 Å². The Bertz CT molecular complexity index is 456. The van der Waals surface area contributed by atoms with Gasteiger partial charge in [0.05, 0.1) is 0 Å². The first-order chi connectivity index (χ1) is 10.1. The molecule has 0 radical (unpaired) electrons. The predicted molar refractivity (Wildman–Crippen MR) is 86.9 cm³/mol. The number of carbonyl (C=O) groups is 2. The van der Waals surface area contributed by atoms with E-state index in [4.69, 9.17) is 11.6 Å². The SMILES string of the molecule is CCN(CC)C(=O)c1ccc(NC(=O)CCCCCl)cc1. The number of amides is 2. The molecule has 21 heavy (non-hydrogen) atoms. The van der Waals surface area contributed by atoms with Gasteiger partial charge in [-0.15, -0.1) is 11.6 Å². The van der Waals surface area contributed by atoms with Crippen LogP contribution in [0.2, 0.25) is 0 Å². The Balaban J connectivity index is 2.57. The second-order valence-electron chi connectivity index (χ2n) is 4.75. The maximum absolute atomic E-state index is 12.1. The molecule has 1 N–H and O–H groups in total. The number of hydrogen-bond donors (Lipinski definition) is 1. The van der Waals surface area contributed by atoms with Crippen LogP contribution in [0.15, 0.2) is 24.3 Å². The van der Waals surface area contributed by atoms with Crippen molar-refractivity contribution < 1.29 is 9.59 Å². The molecule has 0 aliphatic heterocycles. The Morgan fingerprint density at radius 1 is 1.10 bits per heavy atom. The average Bonchev–Trinajstić information content (AvgIpc) is 2.49. The van der Waals surface area contributed by atoms with E-state index in [-0.39, 0.29) is 11.8 Å². The number of halogens is 1. The monoisotopic (exact) mass is 310 g/mol. The summed E-state index contributed by atoms with van der Waals surface area (Å²) in [5.74, 6) is 0.568. The largest absolute Gasteiger partial charge is 0.339 e. The summed E-state index contributed by atoms with van der Waals surface area (Å²) in [7, 11) is 0. The van der Waals surface area contributed by atoms with Crippen LogP contribution in [0.1, 0.15) is 43.5 Å². The van der Waals surface area contributed by atoms with E-state index in [2.05, 4.69) is 5.32 Å². The number of nitrogens with one attached hydrogen (secondary N) is 1. The zero-order valence-corrected chi connectivity index (χ0v) is 13.4. The van der Waals surface area contributed by atoms with Crippen LogP contribution >= 0.6 is 11.6 Å². The number of nitrogens with zero attached hydrogens (tertiary/aromatic N) is 1. The standard InChI is InChI=1S/C16H23ClN2O2/c1-3-19(4-2)16(21)13-8-10-14(11-9-13)18-15(20)7-5-6-12-17/h8-11H,3-7,12H2,1-2H3,(H,18,20). The van der Waals surface area contributed by atoms with Crippen molar-refractivity contribution in [3.05, 3.63) is 29.8 Å². The fourth-order valence-corrected chi connectivity index (χ4v) is 2.18. The van der Waals surface area contributed by atoms with Crippen LogP contribution in [-0.4, -0.2) is 35.7 Å². The summed E-state index contributed by atoms with van der Waals surface area (Å²) >= 11 is 5.57. The van der Waals surface area contributed by atoms with Crippen molar-refractivity contribution >= 4 is 29.1 Å². The van der Waals surface area contributed by atoms with E-state index < -0.39 is 0 Å². The summed E-state index contributed by atoms with van der Waals surface area (Å²) in [6.07, 6.45) is 2.09. The van der Waals surface area contributed by atoms with Crippen LogP contribution in [0, 0.1) is 0 Å². The van der Waals surface area contributed by atoms with Crippen LogP contribution in [0.5, 0.6) is 0 Å². The van der Waals surface area contributed by atoms with E-state index in [1.807, 2.05) is 13.8 Å². The van der Waals surface area contributed by atoms with E-state index >= 15 is 0 Å². The first kappa shape index (κ1) is 17.5. The van der Waals surface area contributed by atoms with Crippen molar-refractivity contribution in [3.63, 3.8) is 0 Å². The van der Waals surface area contributed by atoms with Crippen molar-refractivity contribution in [3.8, 4) is 0 Å². The molecule has 0 fully saturated rings. The maximum atomic E-state index is 12.1. The Morgan fingerprint density at radius 2 is 1.71 bits per heavy atom. The minimum atomic E-state index is -0.0251.